The van der Waals surface area contributed by atoms with Crippen LogP contribution in [0.4, 0.5) is 5.69 Å². The second-order valence-corrected chi connectivity index (χ2v) is 8.70. The second kappa shape index (κ2) is 10.0. The first-order valence-corrected chi connectivity index (χ1v) is 11.8. The van der Waals surface area contributed by atoms with Gasteiger partial charge in [0.15, 0.2) is 0 Å². The number of amides is 1. The fourth-order valence-corrected chi connectivity index (χ4v) is 4.55. The molecule has 1 fully saturated rings. The van der Waals surface area contributed by atoms with Crippen molar-refractivity contribution in [2.45, 2.75) is 13.0 Å². The number of rotatable bonds is 6. The molecule has 184 valence electrons. The number of aliphatic hydroxyl groups is 1. The van der Waals surface area contributed by atoms with Gasteiger partial charge in [-0.1, -0.05) is 54.6 Å². The lowest BCUT2D eigenvalue weighted by Crippen LogP contribution is -2.29. The van der Waals surface area contributed by atoms with E-state index in [0.717, 1.165) is 5.56 Å². The number of carbonyl (C=O) groups excluding carboxylic acids is 2. The van der Waals surface area contributed by atoms with Gasteiger partial charge in [0.25, 0.3) is 11.7 Å². The zero-order valence-corrected chi connectivity index (χ0v) is 20.4. The Hall–Kier alpha value is -4.84. The van der Waals surface area contributed by atoms with Gasteiger partial charge in [-0.25, -0.2) is 0 Å². The molecule has 0 radical (unpaired) electrons. The fourth-order valence-electron chi connectivity index (χ4n) is 4.55. The average molecular weight is 492 g/mol. The van der Waals surface area contributed by atoms with Crippen molar-refractivity contribution >= 4 is 23.1 Å². The number of anilines is 1. The number of hydrogen-bond acceptors (Lipinski definition) is 5. The molecule has 1 N–H and O–H groups in total. The lowest BCUT2D eigenvalue weighted by atomic mass is 9.94. The van der Waals surface area contributed by atoms with Crippen molar-refractivity contribution in [1.29, 1.82) is 0 Å². The van der Waals surface area contributed by atoms with Gasteiger partial charge in [0.1, 0.15) is 23.0 Å². The van der Waals surface area contributed by atoms with Gasteiger partial charge in [-0.3, -0.25) is 14.5 Å². The third-order valence-electron chi connectivity index (χ3n) is 6.24. The molecular weight excluding hydrogens is 466 g/mol. The molecule has 4 aromatic rings. The minimum atomic E-state index is -0.883. The monoisotopic (exact) mass is 491 g/mol. The van der Waals surface area contributed by atoms with Crippen LogP contribution < -0.4 is 14.4 Å². The van der Waals surface area contributed by atoms with Gasteiger partial charge in [-0.05, 0) is 66.6 Å². The molecule has 1 atom stereocenters. The number of nitrogens with zero attached hydrogens (tertiary/aromatic N) is 1. The highest BCUT2D eigenvalue weighted by atomic mass is 16.5. The van der Waals surface area contributed by atoms with E-state index in [1.807, 2.05) is 61.5 Å². The Morgan fingerprint density at radius 1 is 0.811 bits per heavy atom. The standard InChI is InChI=1S/C31H25NO5/c1-20-10-8-12-22(18-20)32-28(21-11-9-15-24(19-21)37-23-13-4-3-5-14-23)27(30(34)31(32)35)29(33)25-16-6-7-17-26(25)36-2/h3-19,28,33H,1-2H3/b29-27-. The number of ether oxygens (including phenoxy) is 2. The van der Waals surface area contributed by atoms with Crippen molar-refractivity contribution in [2.75, 3.05) is 12.0 Å². The van der Waals surface area contributed by atoms with E-state index in [2.05, 4.69) is 0 Å². The van der Waals surface area contributed by atoms with E-state index in [9.17, 15) is 14.7 Å². The van der Waals surface area contributed by atoms with Crippen LogP contribution in [0.5, 0.6) is 17.2 Å². The van der Waals surface area contributed by atoms with E-state index < -0.39 is 17.7 Å². The largest absolute Gasteiger partial charge is 0.507 e. The molecule has 4 aromatic carbocycles. The maximum absolute atomic E-state index is 13.5. The van der Waals surface area contributed by atoms with Gasteiger partial charge in [-0.2, -0.15) is 0 Å². The molecule has 0 aromatic heterocycles. The molecule has 1 saturated heterocycles. The summed E-state index contributed by atoms with van der Waals surface area (Å²) in [6, 6.07) is 29.8. The van der Waals surface area contributed by atoms with Crippen LogP contribution >= 0.6 is 0 Å². The third-order valence-corrected chi connectivity index (χ3v) is 6.24. The summed E-state index contributed by atoms with van der Waals surface area (Å²) in [6.45, 7) is 1.91. The third kappa shape index (κ3) is 4.57. The van der Waals surface area contributed by atoms with Crippen molar-refractivity contribution in [3.05, 3.63) is 125 Å². The molecule has 1 heterocycles. The molecule has 1 unspecified atom stereocenters. The van der Waals surface area contributed by atoms with Gasteiger partial charge in [0.2, 0.25) is 0 Å². The Balaban J connectivity index is 1.69. The normalized spacial score (nSPS) is 16.6. The van der Waals surface area contributed by atoms with Gasteiger partial charge in [-0.15, -0.1) is 0 Å². The SMILES string of the molecule is COc1ccccc1/C(O)=C1/C(=O)C(=O)N(c2cccc(C)c2)C1c1cccc(Oc2ccccc2)c1. The van der Waals surface area contributed by atoms with E-state index in [-0.39, 0.29) is 11.3 Å². The van der Waals surface area contributed by atoms with E-state index in [1.165, 1.54) is 12.0 Å². The molecule has 0 spiro atoms. The predicted molar refractivity (Wildman–Crippen MR) is 142 cm³/mol. The summed E-state index contributed by atoms with van der Waals surface area (Å²) < 4.78 is 11.4. The summed E-state index contributed by atoms with van der Waals surface area (Å²) in [5.74, 6) is -0.213. The fraction of sp³-hybridized carbons (Fsp3) is 0.0968. The van der Waals surface area contributed by atoms with Crippen molar-refractivity contribution in [3.8, 4) is 17.2 Å². The first kappa shape index (κ1) is 23.9. The Labute approximate surface area is 215 Å². The topological polar surface area (TPSA) is 76.1 Å². The first-order valence-electron chi connectivity index (χ1n) is 11.8. The molecule has 1 aliphatic rings. The summed E-state index contributed by atoms with van der Waals surface area (Å²) in [5, 5.41) is 11.4. The van der Waals surface area contributed by atoms with E-state index >= 15 is 0 Å². The van der Waals surface area contributed by atoms with Crippen LogP contribution in [-0.2, 0) is 9.59 Å². The molecule has 0 aliphatic carbocycles. The molecule has 6 nitrogen and oxygen atoms in total. The Bertz CT molecular complexity index is 1510. The Morgan fingerprint density at radius 3 is 2.27 bits per heavy atom. The number of aliphatic hydroxyl groups excluding tert-OH is 1. The van der Waals surface area contributed by atoms with Crippen molar-refractivity contribution in [1.82, 2.24) is 0 Å². The molecule has 1 aliphatic heterocycles. The lowest BCUT2D eigenvalue weighted by Gasteiger charge is -2.26. The predicted octanol–water partition coefficient (Wildman–Crippen LogP) is 6.42. The summed E-state index contributed by atoms with van der Waals surface area (Å²) in [6.07, 6.45) is 0. The minimum Gasteiger partial charge on any atom is -0.507 e. The van der Waals surface area contributed by atoms with Crippen molar-refractivity contribution < 1.29 is 24.2 Å². The van der Waals surface area contributed by atoms with E-state index in [1.54, 1.807) is 48.5 Å². The Morgan fingerprint density at radius 2 is 1.51 bits per heavy atom. The molecule has 6 heteroatoms. The zero-order valence-electron chi connectivity index (χ0n) is 20.4. The van der Waals surface area contributed by atoms with Crippen LogP contribution in [0.3, 0.4) is 0 Å². The zero-order chi connectivity index (χ0) is 25.9. The lowest BCUT2D eigenvalue weighted by molar-refractivity contribution is -0.132. The van der Waals surface area contributed by atoms with Crippen LogP contribution in [0.15, 0.2) is 109 Å². The second-order valence-electron chi connectivity index (χ2n) is 8.70. The van der Waals surface area contributed by atoms with Crippen molar-refractivity contribution in [3.63, 3.8) is 0 Å². The Kier molecular flexibility index (Phi) is 6.47. The molecule has 0 bridgehead atoms. The van der Waals surface area contributed by atoms with Crippen LogP contribution in [0.25, 0.3) is 5.76 Å². The van der Waals surface area contributed by atoms with Gasteiger partial charge in [0.05, 0.1) is 24.3 Å². The summed E-state index contributed by atoms with van der Waals surface area (Å²) in [5.41, 5.74) is 2.41. The number of methoxy groups -OCH3 is 1. The highest BCUT2D eigenvalue weighted by Crippen LogP contribution is 2.44. The number of aryl methyl sites for hydroxylation is 1. The minimum absolute atomic E-state index is 0.0205. The molecular formula is C31H25NO5. The van der Waals surface area contributed by atoms with Gasteiger partial charge < -0.3 is 14.6 Å². The molecule has 5 rings (SSSR count). The summed E-state index contributed by atoms with van der Waals surface area (Å²) in [4.78, 5) is 28.3. The number of para-hydroxylation sites is 2. The number of ketones is 1. The van der Waals surface area contributed by atoms with Crippen LogP contribution in [0.1, 0.15) is 22.7 Å². The van der Waals surface area contributed by atoms with Crippen molar-refractivity contribution in [2.24, 2.45) is 0 Å². The van der Waals surface area contributed by atoms with Gasteiger partial charge >= 0.3 is 0 Å². The quantitative estimate of drug-likeness (QED) is 0.191. The van der Waals surface area contributed by atoms with E-state index in [0.29, 0.717) is 34.1 Å². The van der Waals surface area contributed by atoms with Gasteiger partial charge in [0, 0.05) is 5.69 Å². The number of carbonyl (C=O) groups is 2. The van der Waals surface area contributed by atoms with Crippen LogP contribution in [-0.4, -0.2) is 23.9 Å². The van der Waals surface area contributed by atoms with E-state index in [4.69, 9.17) is 9.47 Å². The maximum Gasteiger partial charge on any atom is 0.300 e. The molecule has 1 amide bonds. The summed E-state index contributed by atoms with van der Waals surface area (Å²) in [7, 11) is 1.49. The van der Waals surface area contributed by atoms with Crippen LogP contribution in [0.2, 0.25) is 0 Å². The molecule has 0 saturated carbocycles. The average Bonchev–Trinajstić information content (AvgIpc) is 3.19. The molecule has 37 heavy (non-hydrogen) atoms. The smallest absolute Gasteiger partial charge is 0.300 e. The number of hydrogen-bond donors (Lipinski definition) is 1. The number of Topliss-reactive ketones (excluding diaryl/α,β-unsaturated/α-hetero) is 1. The summed E-state index contributed by atoms with van der Waals surface area (Å²) >= 11 is 0. The highest BCUT2D eigenvalue weighted by Gasteiger charge is 2.47. The number of benzene rings is 4. The first-order chi connectivity index (χ1) is 18.0. The highest BCUT2D eigenvalue weighted by molar-refractivity contribution is 6.51. The maximum atomic E-state index is 13.5. The van der Waals surface area contributed by atoms with Crippen LogP contribution in [0, 0.1) is 6.92 Å².